The number of hydrogen-bond donors (Lipinski definition) is 5. The number of nitrogens with one attached hydrogen (secondary N) is 4. The predicted octanol–water partition coefficient (Wildman–Crippen LogP) is 1.41. The number of carboxylic acid groups (broad SMARTS) is 1. The highest BCUT2D eigenvalue weighted by Crippen LogP contribution is 2.14. The fraction of sp³-hybridized carbons (Fsp3) is 0.515. The van der Waals surface area contributed by atoms with Gasteiger partial charge in [0.1, 0.15) is 24.7 Å². The minimum atomic E-state index is -1.27. The Morgan fingerprint density at radius 1 is 0.750 bits per heavy atom. The zero-order valence-corrected chi connectivity index (χ0v) is 27.9. The lowest BCUT2D eigenvalue weighted by Crippen LogP contribution is -2.56. The molecule has 1 heterocycles. The summed E-state index contributed by atoms with van der Waals surface area (Å²) in [7, 11) is 0. The number of aliphatic carboxylic acids is 1. The van der Waals surface area contributed by atoms with Crippen LogP contribution in [-0.4, -0.2) is 82.1 Å². The number of nitrogens with zero attached hydrogens (tertiary/aromatic N) is 1. The fourth-order valence-corrected chi connectivity index (χ4v) is 4.72. The topological polar surface area (TPSA) is 217 Å². The van der Waals surface area contributed by atoms with Crippen LogP contribution in [-0.2, 0) is 49.7 Å². The molecule has 6 amide bonds. The molecule has 15 nitrogen and oxygen atoms in total. The van der Waals surface area contributed by atoms with Crippen molar-refractivity contribution in [1.29, 1.82) is 0 Å². The van der Waals surface area contributed by atoms with Crippen molar-refractivity contribution in [3.05, 3.63) is 42.0 Å². The van der Waals surface area contributed by atoms with E-state index in [0.717, 1.165) is 17.1 Å². The molecule has 0 unspecified atom stereocenters. The molecule has 1 aromatic rings. The Morgan fingerprint density at radius 2 is 1.27 bits per heavy atom. The molecule has 5 N–H and O–H groups in total. The molecule has 0 aliphatic carbocycles. The number of hydrogen-bond acceptors (Lipinski definition) is 9. The van der Waals surface area contributed by atoms with Crippen LogP contribution in [0.3, 0.4) is 0 Å². The molecule has 0 radical (unpaired) electrons. The summed E-state index contributed by atoms with van der Waals surface area (Å²) in [5.74, 6) is -5.41. The normalized spacial score (nSPS) is 14.4. The van der Waals surface area contributed by atoms with Crippen LogP contribution in [0.5, 0.6) is 0 Å². The van der Waals surface area contributed by atoms with Crippen molar-refractivity contribution in [3.8, 4) is 0 Å². The zero-order chi connectivity index (χ0) is 36.0. The SMILES string of the molecule is CC(=O)OCc1ccc(NC(=O)[C@H](CCC(=O)O)NC(=O)[C@H](CC(C)C)NC(=O)[C@@H](CC(C)C)NC(=O)CCN2C(=O)C=CC2=O)cc1. The van der Waals surface area contributed by atoms with Crippen LogP contribution >= 0.6 is 0 Å². The third-order valence-electron chi connectivity index (χ3n) is 7.11. The molecule has 48 heavy (non-hydrogen) atoms. The monoisotopic (exact) mass is 671 g/mol. The van der Waals surface area contributed by atoms with Gasteiger partial charge in [-0.3, -0.25) is 43.3 Å². The Kier molecular flexibility index (Phi) is 15.4. The van der Waals surface area contributed by atoms with Gasteiger partial charge in [0.25, 0.3) is 11.8 Å². The lowest BCUT2D eigenvalue weighted by molar-refractivity contribution is -0.142. The number of esters is 1. The van der Waals surface area contributed by atoms with Crippen LogP contribution < -0.4 is 21.3 Å². The highest BCUT2D eigenvalue weighted by Gasteiger charge is 2.31. The number of anilines is 1. The number of carbonyl (C=O) groups excluding carboxylic acids is 7. The standard InChI is InChI=1S/C33H45N5O10/c1-19(2)16-25(35-27(40)14-15-38-28(41)11-12-29(38)42)32(46)37-26(17-20(3)4)33(47)36-24(10-13-30(43)44)31(45)34-23-8-6-22(7-9-23)18-48-21(5)39/h6-9,11-12,19-20,24-26H,10,13-18H2,1-5H3,(H,34,45)(H,35,40)(H,36,47)(H,37,46)(H,43,44)/t24-,25+,26-/m0/s1. The van der Waals surface area contributed by atoms with Gasteiger partial charge >= 0.3 is 11.9 Å². The van der Waals surface area contributed by atoms with E-state index in [2.05, 4.69) is 21.3 Å². The second-order valence-corrected chi connectivity index (χ2v) is 12.3. The van der Waals surface area contributed by atoms with E-state index in [4.69, 9.17) is 4.74 Å². The van der Waals surface area contributed by atoms with E-state index in [1.807, 2.05) is 27.7 Å². The van der Waals surface area contributed by atoms with Gasteiger partial charge in [-0.15, -0.1) is 0 Å². The Bertz CT molecular complexity index is 1370. The van der Waals surface area contributed by atoms with E-state index in [1.54, 1.807) is 24.3 Å². The Morgan fingerprint density at radius 3 is 1.77 bits per heavy atom. The molecule has 262 valence electrons. The summed E-state index contributed by atoms with van der Waals surface area (Å²) in [5, 5.41) is 19.8. The molecule has 1 aromatic carbocycles. The second-order valence-electron chi connectivity index (χ2n) is 12.3. The van der Waals surface area contributed by atoms with Crippen LogP contribution in [0.25, 0.3) is 0 Å². The molecule has 1 aliphatic rings. The number of benzene rings is 1. The molecule has 0 saturated carbocycles. The van der Waals surface area contributed by atoms with Gasteiger partial charge in [-0.05, 0) is 48.8 Å². The van der Waals surface area contributed by atoms with E-state index in [1.165, 1.54) is 6.92 Å². The number of carboxylic acids is 1. The van der Waals surface area contributed by atoms with E-state index < -0.39 is 71.9 Å². The maximum atomic E-state index is 13.5. The molecule has 1 aliphatic heterocycles. The van der Waals surface area contributed by atoms with Gasteiger partial charge in [-0.25, -0.2) is 0 Å². The first-order chi connectivity index (χ1) is 22.5. The zero-order valence-electron chi connectivity index (χ0n) is 27.9. The Hall–Kier alpha value is -5.08. The molecule has 0 spiro atoms. The lowest BCUT2D eigenvalue weighted by Gasteiger charge is -2.27. The third kappa shape index (κ3) is 13.7. The van der Waals surface area contributed by atoms with Gasteiger partial charge in [0.2, 0.25) is 23.6 Å². The predicted molar refractivity (Wildman–Crippen MR) is 173 cm³/mol. The maximum Gasteiger partial charge on any atom is 0.303 e. The number of ether oxygens (including phenoxy) is 1. The van der Waals surface area contributed by atoms with Gasteiger partial charge < -0.3 is 31.1 Å². The average molecular weight is 672 g/mol. The quantitative estimate of drug-likeness (QED) is 0.105. The van der Waals surface area contributed by atoms with Crippen LogP contribution in [0, 0.1) is 11.8 Å². The van der Waals surface area contributed by atoms with Crippen molar-refractivity contribution in [3.63, 3.8) is 0 Å². The van der Waals surface area contributed by atoms with E-state index in [0.29, 0.717) is 11.3 Å². The first-order valence-electron chi connectivity index (χ1n) is 15.7. The summed E-state index contributed by atoms with van der Waals surface area (Å²) in [6, 6.07) is 2.95. The van der Waals surface area contributed by atoms with Crippen molar-refractivity contribution in [2.45, 2.75) is 91.5 Å². The van der Waals surface area contributed by atoms with E-state index >= 15 is 0 Å². The number of rotatable bonds is 19. The third-order valence-corrected chi connectivity index (χ3v) is 7.11. The molecule has 15 heteroatoms. The number of amides is 6. The minimum absolute atomic E-state index is 0.0378. The van der Waals surface area contributed by atoms with Gasteiger partial charge in [-0.1, -0.05) is 39.8 Å². The smallest absolute Gasteiger partial charge is 0.303 e. The molecule has 2 rings (SSSR count). The summed E-state index contributed by atoms with van der Waals surface area (Å²) in [6.45, 7) is 8.51. The summed E-state index contributed by atoms with van der Waals surface area (Å²) < 4.78 is 4.95. The molecule has 0 bridgehead atoms. The van der Waals surface area contributed by atoms with Gasteiger partial charge in [-0.2, -0.15) is 0 Å². The van der Waals surface area contributed by atoms with E-state index in [-0.39, 0.29) is 50.7 Å². The summed E-state index contributed by atoms with van der Waals surface area (Å²) in [5.41, 5.74) is 1.03. The minimum Gasteiger partial charge on any atom is -0.481 e. The van der Waals surface area contributed by atoms with E-state index in [9.17, 15) is 43.5 Å². The van der Waals surface area contributed by atoms with Gasteiger partial charge in [0.15, 0.2) is 0 Å². The lowest BCUT2D eigenvalue weighted by atomic mass is 9.99. The summed E-state index contributed by atoms with van der Waals surface area (Å²) in [4.78, 5) is 99.8. The molecule has 0 saturated heterocycles. The highest BCUT2D eigenvalue weighted by molar-refractivity contribution is 6.13. The second kappa shape index (κ2) is 18.9. The van der Waals surface area contributed by atoms with Crippen molar-refractivity contribution >= 4 is 53.1 Å². The summed E-state index contributed by atoms with van der Waals surface area (Å²) in [6.07, 6.45) is 1.72. The van der Waals surface area contributed by atoms with Crippen LogP contribution in [0.4, 0.5) is 5.69 Å². The average Bonchev–Trinajstić information content (AvgIpc) is 3.32. The maximum absolute atomic E-state index is 13.5. The van der Waals surface area contributed by atoms with Gasteiger partial charge in [0.05, 0.1) is 0 Å². The molecular formula is C33H45N5O10. The van der Waals surface area contributed by atoms with Crippen molar-refractivity contribution in [2.24, 2.45) is 11.8 Å². The first kappa shape index (κ1) is 39.1. The van der Waals surface area contributed by atoms with Crippen molar-refractivity contribution < 1.29 is 48.2 Å². The van der Waals surface area contributed by atoms with Gasteiger partial charge in [0, 0.05) is 44.1 Å². The molecule has 0 aromatic heterocycles. The largest absolute Gasteiger partial charge is 0.481 e. The number of carbonyl (C=O) groups is 8. The number of imide groups is 1. The fourth-order valence-electron chi connectivity index (χ4n) is 4.72. The van der Waals surface area contributed by atoms with Crippen molar-refractivity contribution in [2.75, 3.05) is 11.9 Å². The van der Waals surface area contributed by atoms with Crippen LogP contribution in [0.15, 0.2) is 36.4 Å². The molecule has 3 atom stereocenters. The van der Waals surface area contributed by atoms with Crippen LogP contribution in [0.2, 0.25) is 0 Å². The van der Waals surface area contributed by atoms with Crippen molar-refractivity contribution in [1.82, 2.24) is 20.9 Å². The summed E-state index contributed by atoms with van der Waals surface area (Å²) >= 11 is 0. The Balaban J connectivity index is 2.14. The Labute approximate surface area is 279 Å². The first-order valence-corrected chi connectivity index (χ1v) is 15.7. The highest BCUT2D eigenvalue weighted by atomic mass is 16.5. The molecule has 0 fully saturated rings. The molecular weight excluding hydrogens is 626 g/mol. The van der Waals surface area contributed by atoms with Crippen LogP contribution in [0.1, 0.15) is 72.3 Å².